The van der Waals surface area contributed by atoms with Crippen LogP contribution in [0.1, 0.15) is 79.8 Å². The van der Waals surface area contributed by atoms with Gasteiger partial charge in [-0.15, -0.1) is 24.8 Å². The number of aromatic hydroxyl groups is 2. The van der Waals surface area contributed by atoms with E-state index in [1.807, 2.05) is 49.4 Å². The van der Waals surface area contributed by atoms with Gasteiger partial charge in [0, 0.05) is 0 Å². The van der Waals surface area contributed by atoms with Crippen molar-refractivity contribution in [1.82, 2.24) is 0 Å². The third-order valence-corrected chi connectivity index (χ3v) is 7.30. The zero-order valence-corrected chi connectivity index (χ0v) is 26.7. The minimum absolute atomic E-state index is 0. The van der Waals surface area contributed by atoms with E-state index in [2.05, 4.69) is 85.1 Å². The van der Waals surface area contributed by atoms with Crippen molar-refractivity contribution in [3.63, 3.8) is 0 Å². The smallest absolute Gasteiger partial charge is 0.147 e. The van der Waals surface area contributed by atoms with Gasteiger partial charge in [0.05, 0.1) is 0 Å². The molecule has 194 valence electrons. The normalized spacial score (nSPS) is 10.4. The molecule has 0 aliphatic heterocycles. The van der Waals surface area contributed by atoms with Gasteiger partial charge in [-0.3, -0.25) is 0 Å². The summed E-state index contributed by atoms with van der Waals surface area (Å²) in [5.74, 6) is 0.793. The monoisotopic (exact) mass is 572 g/mol. The molecule has 0 aliphatic rings. The predicted octanol–water partition coefficient (Wildman–Crippen LogP) is 8.90. The molecule has 0 atom stereocenters. The van der Waals surface area contributed by atoms with Gasteiger partial charge in [-0.25, -0.2) is 0 Å². The summed E-state index contributed by atoms with van der Waals surface area (Å²) in [5, 5.41) is 21.3. The Labute approximate surface area is 240 Å². The van der Waals surface area contributed by atoms with Gasteiger partial charge in [-0.05, 0) is 47.9 Å². The van der Waals surface area contributed by atoms with Crippen LogP contribution in [0.25, 0.3) is 0 Å². The first-order valence-electron chi connectivity index (χ1n) is 11.2. The van der Waals surface area contributed by atoms with Crippen LogP contribution in [0.5, 0.6) is 11.5 Å². The molecule has 3 aromatic rings. The van der Waals surface area contributed by atoms with Crippen molar-refractivity contribution < 1.29 is 30.2 Å². The van der Waals surface area contributed by atoms with Crippen LogP contribution < -0.4 is 0 Å². The Morgan fingerprint density at radius 1 is 0.714 bits per heavy atom. The molecular weight excluding hydrogens is 531 g/mol. The second kappa shape index (κ2) is 15.2. The van der Waals surface area contributed by atoms with E-state index in [1.165, 1.54) is 27.1 Å². The van der Waals surface area contributed by atoms with Gasteiger partial charge in [-0.1, -0.05) is 76.9 Å². The van der Waals surface area contributed by atoms with Crippen LogP contribution in [-0.2, 0) is 30.8 Å². The molecule has 0 radical (unpaired) electrons. The van der Waals surface area contributed by atoms with Crippen LogP contribution in [0.4, 0.5) is 0 Å². The van der Waals surface area contributed by atoms with Crippen LogP contribution in [0, 0.1) is 27.7 Å². The van der Waals surface area contributed by atoms with Gasteiger partial charge < -0.3 is 10.2 Å². The maximum Gasteiger partial charge on any atom is -0.147 e. The van der Waals surface area contributed by atoms with Gasteiger partial charge in [0.25, 0.3) is 0 Å². The molecule has 0 amide bonds. The summed E-state index contributed by atoms with van der Waals surface area (Å²) in [4.78, 5) is 1.41. The van der Waals surface area contributed by atoms with Gasteiger partial charge >= 0.3 is 70.9 Å². The van der Waals surface area contributed by atoms with Crippen LogP contribution >= 0.6 is 36.2 Å². The second-order valence-corrected chi connectivity index (χ2v) is 12.0. The van der Waals surface area contributed by atoms with Gasteiger partial charge in [0.2, 0.25) is 0 Å². The molecule has 0 bridgehead atoms. The fraction of sp³-hybridized carbons (Fsp3) is 0.414. The Kier molecular flexibility index (Phi) is 15.7. The molecule has 2 nitrogen and oxygen atoms in total. The van der Waals surface area contributed by atoms with Crippen LogP contribution in [-0.4, -0.2) is 14.5 Å². The van der Waals surface area contributed by atoms with Crippen LogP contribution in [0.15, 0.2) is 41.8 Å². The number of thiophene rings is 1. The Morgan fingerprint density at radius 3 is 1.29 bits per heavy atom. The summed E-state index contributed by atoms with van der Waals surface area (Å²) in [6, 6.07) is 11.4. The van der Waals surface area contributed by atoms with Crippen molar-refractivity contribution in [2.45, 2.75) is 80.1 Å². The summed E-state index contributed by atoms with van der Waals surface area (Å²) in [6.45, 7) is 21.0. The molecule has 2 N–H and O–H groups in total. The third kappa shape index (κ3) is 11.7. The maximum absolute atomic E-state index is 9.57. The van der Waals surface area contributed by atoms with E-state index in [0.29, 0.717) is 11.5 Å². The number of phenolic OH excluding ortho intramolecular Hbond substituents is 2. The minimum Gasteiger partial charge on any atom is -0.147 e. The summed E-state index contributed by atoms with van der Waals surface area (Å²) in [5.41, 5.74) is 7.31. The van der Waals surface area contributed by atoms with E-state index in [9.17, 15) is 10.2 Å². The maximum atomic E-state index is 9.57. The number of hydrogen-bond donors (Lipinski definition) is 2. The van der Waals surface area contributed by atoms with Crippen molar-refractivity contribution in [1.29, 1.82) is 0 Å². The third-order valence-electron chi connectivity index (χ3n) is 5.38. The Hall–Kier alpha value is -1.10. The quantitative estimate of drug-likeness (QED) is 0.286. The summed E-state index contributed by atoms with van der Waals surface area (Å²) in [7, 11) is 0. The van der Waals surface area contributed by atoms with Crippen LogP contribution in [0.3, 0.4) is 0 Å². The molecule has 0 saturated carbocycles. The van der Waals surface area contributed by atoms with Gasteiger partial charge in [0.15, 0.2) is 0 Å². The topological polar surface area (TPSA) is 40.5 Å². The molecule has 0 fully saturated rings. The van der Waals surface area contributed by atoms with Crippen molar-refractivity contribution in [2.75, 3.05) is 0 Å². The van der Waals surface area contributed by atoms with E-state index in [-0.39, 0.29) is 35.6 Å². The Balaban J connectivity index is 0. The molecular formula is C29H42Cl2O2STi. The fourth-order valence-electron chi connectivity index (χ4n) is 3.17. The minimum atomic E-state index is 0. The summed E-state index contributed by atoms with van der Waals surface area (Å²) >= 11 is 3.90. The number of phenols is 2. The average molecular weight is 573 g/mol. The van der Waals surface area contributed by atoms with E-state index in [0.717, 1.165) is 11.1 Å². The Bertz CT molecular complexity index is 1020. The standard InChI is InChI=1S/2C11H16O.C7H8S.2ClH.Ti/c2*1-8-5-6-10(12)9(7-8)11(2,3)4;1-5-4-8-7(3)6(5)2;;;/h2*5-7,12H,1-4H3;3-4H,1-2H3;2*1H;. The molecule has 0 saturated heterocycles. The van der Waals surface area contributed by atoms with E-state index in [1.54, 1.807) is 12.1 Å². The molecule has 0 aliphatic carbocycles. The molecule has 35 heavy (non-hydrogen) atoms. The first-order valence-corrected chi connectivity index (χ1v) is 13.0. The van der Waals surface area contributed by atoms with Crippen molar-refractivity contribution in [3.05, 3.63) is 80.0 Å². The molecule has 1 heterocycles. The zero-order valence-electron chi connectivity index (χ0n) is 22.7. The average Bonchev–Trinajstić information content (AvgIpc) is 3.03. The number of halogens is 2. The van der Waals surface area contributed by atoms with Crippen molar-refractivity contribution in [3.8, 4) is 11.5 Å². The molecule has 0 spiro atoms. The fourth-order valence-corrected chi connectivity index (χ4v) is 4.71. The van der Waals surface area contributed by atoms with Crippen molar-refractivity contribution in [2.24, 2.45) is 0 Å². The van der Waals surface area contributed by atoms with Crippen LogP contribution in [0.2, 0.25) is 0 Å². The first kappa shape index (κ1) is 36.1. The molecule has 2 aromatic carbocycles. The molecule has 1 aromatic heterocycles. The molecule has 3 rings (SSSR count). The SMILES string of the molecule is Cc1ccc(O)c(C(C)(C)C)c1.Cc1ccc(O)c(C(C)(C)C)c1.Cc1csc([CH]=[Ti])c1C.Cl.Cl. The largest absolute Gasteiger partial charge is 0.147 e. The van der Waals surface area contributed by atoms with E-state index >= 15 is 0 Å². The molecule has 0 unspecified atom stereocenters. The summed E-state index contributed by atoms with van der Waals surface area (Å²) in [6.07, 6.45) is 0. The Morgan fingerprint density at radius 2 is 1.09 bits per heavy atom. The first-order chi connectivity index (χ1) is 15.1. The van der Waals surface area contributed by atoms with Gasteiger partial charge in [-0.2, -0.15) is 0 Å². The summed E-state index contributed by atoms with van der Waals surface area (Å²) < 4.78 is 2.16. The van der Waals surface area contributed by atoms with E-state index < -0.39 is 0 Å². The van der Waals surface area contributed by atoms with Gasteiger partial charge in [0.1, 0.15) is 11.5 Å². The number of benzene rings is 2. The predicted molar refractivity (Wildman–Crippen MR) is 157 cm³/mol. The van der Waals surface area contributed by atoms with E-state index in [4.69, 9.17) is 0 Å². The van der Waals surface area contributed by atoms with Crippen molar-refractivity contribution >= 4 is 40.5 Å². The number of aryl methyl sites for hydroxylation is 3. The zero-order chi connectivity index (χ0) is 25.6. The second-order valence-electron chi connectivity index (χ2n) is 10.6. The molecule has 6 heteroatoms. The number of hydrogen-bond acceptors (Lipinski definition) is 3. The number of rotatable bonds is 1.